The van der Waals surface area contributed by atoms with Crippen molar-refractivity contribution in [3.8, 4) is 0 Å². The molecule has 21 heteroatoms. The molecule has 3 saturated heterocycles. The summed E-state index contributed by atoms with van der Waals surface area (Å²) >= 11 is 19.5. The number of benzene rings is 3. The van der Waals surface area contributed by atoms with Crippen LogP contribution in [-0.2, 0) is 33.8 Å². The molecule has 0 radical (unpaired) electrons. The molecule has 3 atom stereocenters. The van der Waals surface area contributed by atoms with Crippen LogP contribution < -0.4 is 0 Å². The summed E-state index contributed by atoms with van der Waals surface area (Å²) in [4.78, 5) is 71.0. The lowest BCUT2D eigenvalue weighted by molar-refractivity contribution is 0.0167. The van der Waals surface area contributed by atoms with E-state index < -0.39 is 16.8 Å². The van der Waals surface area contributed by atoms with Gasteiger partial charge in [0.1, 0.15) is 16.8 Å². The molecule has 18 nitrogen and oxygen atoms in total. The molecular formula is C91H109Cl3N12O6. The van der Waals surface area contributed by atoms with Crippen LogP contribution in [0.4, 0.5) is 14.4 Å². The maximum absolute atomic E-state index is 12.7. The van der Waals surface area contributed by atoms with Crippen LogP contribution in [-0.4, -0.2) is 133 Å². The number of imidazole rings is 3. The summed E-state index contributed by atoms with van der Waals surface area (Å²) in [6, 6.07) is 31.5. The van der Waals surface area contributed by atoms with Crippen LogP contribution >= 0.6 is 34.8 Å². The summed E-state index contributed by atoms with van der Waals surface area (Å²) in [6.45, 7) is 24.1. The monoisotopic (exact) mass is 1570 g/mol. The van der Waals surface area contributed by atoms with Crippen molar-refractivity contribution in [3.05, 3.63) is 248 Å². The van der Waals surface area contributed by atoms with Gasteiger partial charge in [0.15, 0.2) is 0 Å². The molecular weight excluding hydrogens is 1460 g/mol. The highest BCUT2D eigenvalue weighted by Crippen LogP contribution is 2.50. The molecule has 3 aromatic carbocycles. The van der Waals surface area contributed by atoms with E-state index in [0.717, 1.165) is 129 Å². The Morgan fingerprint density at radius 3 is 0.902 bits per heavy atom. The van der Waals surface area contributed by atoms with E-state index in [1.54, 1.807) is 0 Å². The van der Waals surface area contributed by atoms with E-state index in [1.807, 2.05) is 188 Å². The first-order valence-electron chi connectivity index (χ1n) is 39.5. The van der Waals surface area contributed by atoms with Crippen LogP contribution in [0.5, 0.6) is 0 Å². The van der Waals surface area contributed by atoms with Gasteiger partial charge in [-0.15, -0.1) is 0 Å². The molecule has 590 valence electrons. The van der Waals surface area contributed by atoms with Crippen LogP contribution in [0, 0.1) is 17.8 Å². The molecule has 0 saturated carbocycles. The second-order valence-corrected chi connectivity index (χ2v) is 34.5. The average Bonchev–Trinajstić information content (AvgIpc) is 1.66. The number of hydrogen-bond donors (Lipinski definition) is 0. The summed E-state index contributed by atoms with van der Waals surface area (Å²) in [5.41, 5.74) is 16.8. The predicted octanol–water partition coefficient (Wildman–Crippen LogP) is 21.8. The van der Waals surface area contributed by atoms with E-state index in [9.17, 15) is 14.4 Å². The molecule has 3 aliphatic heterocycles. The number of halogens is 3. The van der Waals surface area contributed by atoms with Gasteiger partial charge in [0, 0.05) is 147 Å². The largest absolute Gasteiger partial charge is 0.444 e. The average molecular weight is 1570 g/mol. The number of aromatic nitrogens is 9. The van der Waals surface area contributed by atoms with Gasteiger partial charge in [0.05, 0.1) is 36.1 Å². The molecule has 6 aliphatic rings. The first-order chi connectivity index (χ1) is 53.3. The zero-order valence-corrected chi connectivity index (χ0v) is 67.9. The lowest BCUT2D eigenvalue weighted by Crippen LogP contribution is -2.42. The molecule has 6 aromatic heterocycles. The number of allylic oxidation sites excluding steroid dienone is 3. The summed E-state index contributed by atoms with van der Waals surface area (Å²) in [5.74, 6) is 1.54. The number of ether oxygens (including phenoxy) is 3. The van der Waals surface area contributed by atoms with Gasteiger partial charge in [0.2, 0.25) is 0 Å². The maximum atomic E-state index is 12.7. The Kier molecular flexibility index (Phi) is 26.9. The van der Waals surface area contributed by atoms with Crippen molar-refractivity contribution in [1.29, 1.82) is 0 Å². The lowest BCUT2D eigenvalue weighted by Gasteiger charge is -2.37. The van der Waals surface area contributed by atoms with E-state index >= 15 is 0 Å². The molecule has 3 amide bonds. The zero-order valence-electron chi connectivity index (χ0n) is 65.6. The smallest absolute Gasteiger partial charge is 0.410 e. The number of pyridine rings is 3. The van der Waals surface area contributed by atoms with Crippen LogP contribution in [0.25, 0.3) is 34.9 Å². The summed E-state index contributed by atoms with van der Waals surface area (Å²) < 4.78 is 23.2. The van der Waals surface area contributed by atoms with Gasteiger partial charge in [-0.2, -0.15) is 0 Å². The van der Waals surface area contributed by atoms with E-state index in [1.165, 1.54) is 66.8 Å². The molecule has 3 aliphatic carbocycles. The number of piperidine rings is 3. The SMILES string of the molecule is C.CC(C)(C)OC(=O)N1CCC(C2c3ccc(Cl)cc3C=C(CCCn3ccnc3)c3cccnc32)CC1.CC(C)(C)OC(=O)N1CCC(C2c3ccc(Cl)cc3C=C(CCCn3ccnc3)c3cccnc32)CC1.CC(C)(C)OC(=O)N1CCC(C2c3ccc(Cl)cc3C=C(CCCn3ccnc3)c3cccnc32)CC1. The van der Waals surface area contributed by atoms with Gasteiger partial charge in [-0.3, -0.25) is 15.0 Å². The molecule has 3 fully saturated rings. The number of nitrogens with zero attached hydrogens (tertiary/aromatic N) is 12. The van der Waals surface area contributed by atoms with Crippen molar-refractivity contribution >= 4 is 88.0 Å². The van der Waals surface area contributed by atoms with Gasteiger partial charge >= 0.3 is 18.3 Å². The van der Waals surface area contributed by atoms with E-state index in [4.69, 9.17) is 64.0 Å². The topological polar surface area (TPSA) is 181 Å². The number of fused-ring (bicyclic) bond motifs is 6. The third kappa shape index (κ3) is 20.9. The Morgan fingerprint density at radius 1 is 0.393 bits per heavy atom. The molecule has 9 aromatic rings. The zero-order chi connectivity index (χ0) is 78.0. The van der Waals surface area contributed by atoms with Gasteiger partial charge in [-0.25, -0.2) is 29.3 Å². The summed E-state index contributed by atoms with van der Waals surface area (Å²) in [5, 5.41) is 2.22. The third-order valence-electron chi connectivity index (χ3n) is 21.8. The standard InChI is InChI=1S/3C30H35ClN4O2.CH4/c3*1-30(2,3)37-29(36)35-15-10-21(11-16-35)27-25-9-8-24(31)19-23(25)18-22(26-7-4-12-33-28(26)27)6-5-14-34-17-13-32-20-34;/h3*4,7-9,12-13,17-21,27H,5-6,10-11,14-16H2,1-3H3;1H4. The highest BCUT2D eigenvalue weighted by atomic mass is 35.5. The fourth-order valence-electron chi connectivity index (χ4n) is 16.8. The Labute approximate surface area is 676 Å². The number of amides is 3. The third-order valence-corrected chi connectivity index (χ3v) is 22.5. The normalized spacial score (nSPS) is 17.8. The van der Waals surface area contributed by atoms with Gasteiger partial charge in [-0.05, 0) is 279 Å². The first-order valence-corrected chi connectivity index (χ1v) is 40.7. The van der Waals surface area contributed by atoms with E-state index in [0.29, 0.717) is 57.0 Å². The van der Waals surface area contributed by atoms with Crippen LogP contribution in [0.1, 0.15) is 232 Å². The Hall–Kier alpha value is -9.36. The van der Waals surface area contributed by atoms with Crippen molar-refractivity contribution in [2.75, 3.05) is 39.3 Å². The maximum Gasteiger partial charge on any atom is 0.410 e. The summed E-state index contributed by atoms with van der Waals surface area (Å²) in [6.07, 6.45) is 40.3. The predicted molar refractivity (Wildman–Crippen MR) is 449 cm³/mol. The highest BCUT2D eigenvalue weighted by Gasteiger charge is 2.40. The van der Waals surface area contributed by atoms with Gasteiger partial charge in [-0.1, -0.05) is 96.9 Å². The van der Waals surface area contributed by atoms with Crippen molar-refractivity contribution in [2.24, 2.45) is 17.8 Å². The van der Waals surface area contributed by atoms with Crippen LogP contribution in [0.15, 0.2) is 166 Å². The number of rotatable bonds is 15. The fraction of sp³-hybridized carbons (Fsp3) is 0.440. The molecule has 9 heterocycles. The number of hydrogen-bond acceptors (Lipinski definition) is 12. The molecule has 0 N–H and O–H groups in total. The molecule has 15 rings (SSSR count). The van der Waals surface area contributed by atoms with Gasteiger partial charge in [0.25, 0.3) is 0 Å². The summed E-state index contributed by atoms with van der Waals surface area (Å²) in [7, 11) is 0. The van der Waals surface area contributed by atoms with E-state index in [-0.39, 0.29) is 43.5 Å². The molecule has 0 spiro atoms. The highest BCUT2D eigenvalue weighted by molar-refractivity contribution is 6.31. The van der Waals surface area contributed by atoms with Crippen LogP contribution in [0.3, 0.4) is 0 Å². The van der Waals surface area contributed by atoms with Crippen LogP contribution in [0.2, 0.25) is 15.1 Å². The quantitative estimate of drug-likeness (QED) is 0.0888. The fourth-order valence-corrected chi connectivity index (χ4v) is 17.3. The minimum absolute atomic E-state index is 0. The minimum Gasteiger partial charge on any atom is -0.444 e. The van der Waals surface area contributed by atoms with Crippen molar-refractivity contribution in [2.45, 2.75) is 201 Å². The minimum atomic E-state index is -0.490. The molecule has 3 unspecified atom stereocenters. The van der Waals surface area contributed by atoms with Crippen molar-refractivity contribution < 1.29 is 28.6 Å². The molecule has 112 heavy (non-hydrogen) atoms. The van der Waals surface area contributed by atoms with Gasteiger partial charge < -0.3 is 42.6 Å². The first kappa shape index (κ1) is 82.1. The van der Waals surface area contributed by atoms with E-state index in [2.05, 4.69) is 101 Å². The number of aryl methyl sites for hydroxylation is 3. The lowest BCUT2D eigenvalue weighted by atomic mass is 9.76. The molecule has 0 bridgehead atoms. The Morgan fingerprint density at radius 2 is 0.661 bits per heavy atom. The Balaban J connectivity index is 0.000000155. The van der Waals surface area contributed by atoms with Crippen molar-refractivity contribution in [1.82, 2.24) is 58.3 Å². The Bertz CT molecular complexity index is 4290. The second-order valence-electron chi connectivity index (χ2n) is 33.2. The number of likely N-dealkylation sites (tertiary alicyclic amines) is 3. The number of carbonyl (C=O) groups is 3. The van der Waals surface area contributed by atoms with Crippen molar-refractivity contribution in [3.63, 3.8) is 0 Å². The second kappa shape index (κ2) is 36.6. The number of carbonyl (C=O) groups excluding carboxylic acids is 3.